The topological polar surface area (TPSA) is 1020 Å². The summed E-state index contributed by atoms with van der Waals surface area (Å²) >= 11 is 0. The van der Waals surface area contributed by atoms with Crippen molar-refractivity contribution in [2.45, 2.75) is 333 Å². The molecule has 0 aliphatic rings. The van der Waals surface area contributed by atoms with Gasteiger partial charge in [0.2, 0.25) is 159 Å². The van der Waals surface area contributed by atoms with Crippen molar-refractivity contribution in [3.05, 3.63) is 0 Å². The number of amides is 27. The SMILES string of the molecule is CC[C@H](C)[C@H](NC(=O)[C@@H](NC(=O)[C@H](CC(N)=O)NC(=O)[C@@H](NC(=O)[C@H](CCC(N)=O)NC(=O)[C@H](C)NC(=O)[C@H](CCC(N)=O)NC(=O)[C@H](C)NC(=O)[C@H](C)NC(=O)[C@H](CCC(N)=O)NC(=O)[C@@H](N)CCC(N)=O)C(C)C)[C@@H](C)O)C(=O)N[C@@H](CCC(N)=O)C(=O)NCC(=O)N[C@@H](CCC(N)=O)C(=O)N[C@H](C(=O)N[C@@H](CO)C(=O)N[C@@H](C)C(=O)N[C@@H](CC(C)C)C(=O)N[C@@H](CCC(N)=O)C(=O)N[C@H](C(=O)O)[C@@H](C)O)C(C)C. The molecule has 0 fully saturated rings. The Morgan fingerprint density at radius 3 is 0.829 bits per heavy atom. The third kappa shape index (κ3) is 50.3. The van der Waals surface area contributed by atoms with Crippen molar-refractivity contribution in [2.75, 3.05) is 13.2 Å². The first kappa shape index (κ1) is 131. The molecule has 0 radical (unpaired) electrons. The highest BCUT2D eigenvalue weighted by atomic mass is 16.4. The number of carboxylic acid groups (broad SMARTS) is 1. The summed E-state index contributed by atoms with van der Waals surface area (Å²) in [4.78, 5) is 369. The van der Waals surface area contributed by atoms with Gasteiger partial charge in [-0.2, -0.15) is 0 Å². The Labute approximate surface area is 839 Å². The van der Waals surface area contributed by atoms with Crippen molar-refractivity contribution >= 4 is 165 Å². The number of rotatable bonds is 71. The number of aliphatic hydroxyl groups excluding tert-OH is 3. The molecular formula is C86H146N28O32. The van der Waals surface area contributed by atoms with Crippen LogP contribution in [0.2, 0.25) is 0 Å². The van der Waals surface area contributed by atoms with E-state index < -0.39 is 400 Å². The smallest absolute Gasteiger partial charge is 0.328 e. The van der Waals surface area contributed by atoms with Crippen LogP contribution in [-0.4, -0.2) is 326 Å². The second kappa shape index (κ2) is 65.3. The monoisotopic (exact) mass is 2080 g/mol. The molecule has 22 atom stereocenters. The van der Waals surface area contributed by atoms with Crippen LogP contribution in [0.1, 0.15) is 206 Å². The van der Waals surface area contributed by atoms with Gasteiger partial charge in [0.1, 0.15) is 103 Å². The summed E-state index contributed by atoms with van der Waals surface area (Å²) in [5.74, 6) is -34.5. The molecular weight excluding hydrogens is 1940 g/mol. The average molecular weight is 2080 g/mol. The first-order valence-corrected chi connectivity index (χ1v) is 46.7. The molecule has 0 saturated carbocycles. The molecule has 0 aromatic rings. The van der Waals surface area contributed by atoms with E-state index in [0.29, 0.717) is 0 Å². The maximum Gasteiger partial charge on any atom is 0.328 e. The molecule has 0 aromatic heterocycles. The van der Waals surface area contributed by atoms with Crippen LogP contribution in [0.4, 0.5) is 0 Å². The van der Waals surface area contributed by atoms with Gasteiger partial charge in [0.25, 0.3) is 0 Å². The van der Waals surface area contributed by atoms with Crippen molar-refractivity contribution in [1.82, 2.24) is 101 Å². The van der Waals surface area contributed by atoms with E-state index in [0.717, 1.165) is 34.6 Å². The number of hydrogen-bond donors (Lipinski definition) is 32. The van der Waals surface area contributed by atoms with Gasteiger partial charge in [0.05, 0.1) is 37.8 Å². The summed E-state index contributed by atoms with van der Waals surface area (Å²) < 4.78 is 0. The zero-order valence-electron chi connectivity index (χ0n) is 83.8. The van der Waals surface area contributed by atoms with Gasteiger partial charge in [-0.3, -0.25) is 129 Å². The summed E-state index contributed by atoms with van der Waals surface area (Å²) in [7, 11) is 0. The van der Waals surface area contributed by atoms with Crippen LogP contribution in [0, 0.1) is 23.7 Å². The number of nitrogens with two attached hydrogens (primary N) is 9. The fraction of sp³-hybridized carbons (Fsp3) is 0.674. The first-order chi connectivity index (χ1) is 67.7. The number of hydrogen-bond acceptors (Lipinski definition) is 32. The van der Waals surface area contributed by atoms with Crippen molar-refractivity contribution in [3.8, 4) is 0 Å². The molecule has 0 aliphatic carbocycles. The molecule has 0 heterocycles. The molecule has 60 nitrogen and oxygen atoms in total. The molecule has 0 unspecified atom stereocenters. The molecule has 0 saturated heterocycles. The average Bonchev–Trinajstić information content (AvgIpc) is 0.841. The Hall–Kier alpha value is -15.0. The van der Waals surface area contributed by atoms with Gasteiger partial charge >= 0.3 is 5.97 Å². The van der Waals surface area contributed by atoms with E-state index in [-0.39, 0.29) is 38.0 Å². The number of nitrogens with one attached hydrogen (secondary N) is 19. The van der Waals surface area contributed by atoms with Crippen LogP contribution >= 0.6 is 0 Å². The number of carbonyl (C=O) groups is 28. The lowest BCUT2D eigenvalue weighted by atomic mass is 9.96. The Morgan fingerprint density at radius 2 is 0.500 bits per heavy atom. The van der Waals surface area contributed by atoms with E-state index >= 15 is 0 Å². The Bertz CT molecular complexity index is 4650. The Balaban J connectivity index is 6.79. The quantitative estimate of drug-likeness (QED) is 0.0269. The third-order valence-corrected chi connectivity index (χ3v) is 22.0. The molecule has 41 N–H and O–H groups in total. The minimum absolute atomic E-state index is 0.0540. The highest BCUT2D eigenvalue weighted by Gasteiger charge is 2.42. The summed E-state index contributed by atoms with van der Waals surface area (Å²) in [5, 5.41) is 84.2. The summed E-state index contributed by atoms with van der Waals surface area (Å²) in [6.07, 6.45) is -11.6. The molecule has 27 amide bonds. The Morgan fingerprint density at radius 1 is 0.253 bits per heavy atom. The van der Waals surface area contributed by atoms with Crippen LogP contribution in [0.25, 0.3) is 0 Å². The first-order valence-electron chi connectivity index (χ1n) is 46.7. The minimum Gasteiger partial charge on any atom is -0.480 e. The van der Waals surface area contributed by atoms with E-state index in [2.05, 4.69) is 101 Å². The molecule has 0 spiro atoms. The Kier molecular flexibility index (Phi) is 58.6. The summed E-state index contributed by atoms with van der Waals surface area (Å²) in [5.41, 5.74) is 48.5. The van der Waals surface area contributed by atoms with Crippen LogP contribution in [0.15, 0.2) is 0 Å². The van der Waals surface area contributed by atoms with Gasteiger partial charge in [-0.25, -0.2) is 4.79 Å². The van der Waals surface area contributed by atoms with Crippen molar-refractivity contribution in [1.29, 1.82) is 0 Å². The van der Waals surface area contributed by atoms with Crippen LogP contribution in [0.3, 0.4) is 0 Å². The second-order valence-electron chi connectivity index (χ2n) is 36.0. The third-order valence-electron chi connectivity index (χ3n) is 22.0. The molecule has 0 aliphatic heterocycles. The molecule has 60 heteroatoms. The lowest BCUT2D eigenvalue weighted by Gasteiger charge is -2.30. The van der Waals surface area contributed by atoms with Crippen molar-refractivity contribution in [3.63, 3.8) is 0 Å². The molecule has 146 heavy (non-hydrogen) atoms. The fourth-order valence-corrected chi connectivity index (χ4v) is 13.2. The lowest BCUT2D eigenvalue weighted by Crippen LogP contribution is -2.63. The van der Waals surface area contributed by atoms with E-state index in [1.807, 2.05) is 0 Å². The van der Waals surface area contributed by atoms with Crippen molar-refractivity contribution in [2.24, 2.45) is 75.3 Å². The van der Waals surface area contributed by atoms with Crippen LogP contribution in [-0.2, 0) is 134 Å². The predicted octanol–water partition coefficient (Wildman–Crippen LogP) is -15.8. The standard InChI is InChI=1S/C86H146N28O32/c1-15-37(8)65(84(143)106-45(17-24-55(89)119)73(132)96-32-62(126)101-46(18-25-56(90)120)76(135)110-64(36(6)7)83(142)109-53(33-115)81(140)100-41(12)71(130)107-51(30-34(2)3)79(138)105-50(22-29-60(94)124)78(137)114-67(43(14)117)86(145)146)112-85(144)66(42(13)116)113-80(139)52(31-61(95)125)108-82(141)63(35(4)5)111-77(136)49(21-28-59(93)123)103-70(129)40(11)99-74(133)47(19-26-57(91)121)102-69(128)39(10)97-68(127)38(9)98-75(134)48(20-27-58(92)122)104-72(131)44(87)16-23-54(88)118/h34-53,63-67,115-117H,15-33,87H2,1-14H3,(H2,88,118)(H2,89,119)(H2,90,120)(H2,91,121)(H2,92,122)(H2,93,123)(H2,94,124)(H2,95,125)(H,96,132)(H,97,127)(H,98,134)(H,99,133)(H,100,140)(H,101,126)(H,102,128)(H,103,129)(H,104,131)(H,105,138)(H,106,143)(H,107,130)(H,108,141)(H,109,142)(H,110,135)(H,111,136)(H,112,144)(H,113,139)(H,114,137)(H,145,146)/t37-,38-,39-,40-,41-,42+,43+,44-,45-,46-,47-,48-,49-,50-,51-,52-,53-,63-,64-,65-,66-,67-/m0/s1. The molecule has 0 bridgehead atoms. The van der Waals surface area contributed by atoms with Crippen LogP contribution < -0.4 is 153 Å². The highest BCUT2D eigenvalue weighted by molar-refractivity contribution is 6.03. The number of aliphatic carboxylic acids is 1. The maximum atomic E-state index is 14.4. The predicted molar refractivity (Wildman–Crippen MR) is 508 cm³/mol. The number of carbonyl (C=O) groups excluding carboxylic acids is 27. The zero-order valence-corrected chi connectivity index (χ0v) is 83.8. The normalized spacial score (nSPS) is 15.6. The number of aliphatic hydroxyl groups is 3. The fourth-order valence-electron chi connectivity index (χ4n) is 13.2. The van der Waals surface area contributed by atoms with Gasteiger partial charge in [-0.05, 0) is 117 Å². The van der Waals surface area contributed by atoms with E-state index in [9.17, 15) is 155 Å². The van der Waals surface area contributed by atoms with Crippen LogP contribution in [0.5, 0.6) is 0 Å². The molecule has 822 valence electrons. The number of carboxylic acids is 1. The van der Waals surface area contributed by atoms with Crippen molar-refractivity contribution < 1.29 is 155 Å². The highest BCUT2D eigenvalue weighted by Crippen LogP contribution is 2.16. The van der Waals surface area contributed by atoms with E-state index in [1.54, 1.807) is 20.8 Å². The van der Waals surface area contributed by atoms with Gasteiger partial charge in [-0.1, -0.05) is 61.8 Å². The number of primary amides is 8. The zero-order chi connectivity index (χ0) is 112. The summed E-state index contributed by atoms with van der Waals surface area (Å²) in [6, 6.07) is -32.3. The van der Waals surface area contributed by atoms with Gasteiger partial charge in [-0.15, -0.1) is 0 Å². The van der Waals surface area contributed by atoms with E-state index in [4.69, 9.17) is 51.6 Å². The maximum absolute atomic E-state index is 14.4. The molecule has 0 aromatic carbocycles. The van der Waals surface area contributed by atoms with Gasteiger partial charge < -0.3 is 173 Å². The largest absolute Gasteiger partial charge is 0.480 e. The summed E-state index contributed by atoms with van der Waals surface area (Å²) in [6.45, 7) is 16.2. The minimum atomic E-state index is -2.10. The van der Waals surface area contributed by atoms with Gasteiger partial charge in [0.15, 0.2) is 6.04 Å². The molecule has 0 rings (SSSR count). The van der Waals surface area contributed by atoms with Gasteiger partial charge in [0, 0.05) is 44.9 Å². The lowest BCUT2D eigenvalue weighted by molar-refractivity contribution is -0.145. The van der Waals surface area contributed by atoms with E-state index in [1.165, 1.54) is 41.5 Å². The second-order valence-corrected chi connectivity index (χ2v) is 36.0.